The minimum absolute atomic E-state index is 0.141. The lowest BCUT2D eigenvalue weighted by Gasteiger charge is -2.15. The van der Waals surface area contributed by atoms with Crippen LogP contribution in [-0.4, -0.2) is 19.0 Å². The number of nitrogens with zero attached hydrogens (tertiary/aromatic N) is 1. The Morgan fingerprint density at radius 2 is 2.29 bits per heavy atom. The summed E-state index contributed by atoms with van der Waals surface area (Å²) >= 11 is 0. The Morgan fingerprint density at radius 1 is 1.47 bits per heavy atom. The van der Waals surface area contributed by atoms with Gasteiger partial charge in [-0.2, -0.15) is 0 Å². The molecule has 1 aromatic rings. The van der Waals surface area contributed by atoms with Crippen molar-refractivity contribution in [2.45, 2.75) is 26.2 Å². The Balaban J connectivity index is 1.75. The van der Waals surface area contributed by atoms with Crippen molar-refractivity contribution < 1.29 is 4.79 Å². The van der Waals surface area contributed by atoms with Crippen molar-refractivity contribution in [2.75, 3.05) is 23.3 Å². The van der Waals surface area contributed by atoms with Gasteiger partial charge in [-0.25, -0.2) is 0 Å². The first-order valence-corrected chi connectivity index (χ1v) is 6.39. The lowest BCUT2D eigenvalue weighted by Crippen LogP contribution is -2.25. The number of carbonyl (C=O) groups excluding carboxylic acids is 1. The summed E-state index contributed by atoms with van der Waals surface area (Å²) in [6.45, 7) is 3.56. The number of rotatable bonds is 3. The molecule has 3 heteroatoms. The molecular weight excluding hydrogens is 212 g/mol. The van der Waals surface area contributed by atoms with E-state index in [-0.39, 0.29) is 5.91 Å². The standard InChI is InChI=1S/C14H18N2O/c1-10(17)16-7-6-12-8-13(4-5-14(12)16)15-9-11-2-3-11/h4-5,8,11,15H,2-3,6-7,9H2,1H3. The third-order valence-electron chi connectivity index (χ3n) is 3.65. The van der Waals surface area contributed by atoms with Crippen LogP contribution in [0.1, 0.15) is 25.3 Å². The van der Waals surface area contributed by atoms with E-state index in [0.29, 0.717) is 0 Å². The van der Waals surface area contributed by atoms with E-state index in [1.165, 1.54) is 24.1 Å². The van der Waals surface area contributed by atoms with Gasteiger partial charge >= 0.3 is 0 Å². The normalized spacial score (nSPS) is 18.1. The molecule has 1 saturated carbocycles. The van der Waals surface area contributed by atoms with Crippen LogP contribution in [0.3, 0.4) is 0 Å². The largest absolute Gasteiger partial charge is 0.385 e. The average Bonchev–Trinajstić information content (AvgIpc) is 3.04. The monoisotopic (exact) mass is 230 g/mol. The van der Waals surface area contributed by atoms with E-state index in [1.54, 1.807) is 6.92 Å². The minimum atomic E-state index is 0.141. The first kappa shape index (κ1) is 10.6. The topological polar surface area (TPSA) is 32.3 Å². The number of anilines is 2. The summed E-state index contributed by atoms with van der Waals surface area (Å²) in [5.41, 5.74) is 3.58. The van der Waals surface area contributed by atoms with E-state index in [9.17, 15) is 4.79 Å². The molecule has 0 bridgehead atoms. The molecule has 1 aliphatic heterocycles. The van der Waals surface area contributed by atoms with Gasteiger partial charge in [-0.05, 0) is 48.9 Å². The Morgan fingerprint density at radius 3 is 3.00 bits per heavy atom. The highest BCUT2D eigenvalue weighted by Crippen LogP contribution is 2.32. The maximum Gasteiger partial charge on any atom is 0.223 e. The summed E-state index contributed by atoms with van der Waals surface area (Å²) in [6, 6.07) is 6.35. The van der Waals surface area contributed by atoms with E-state index in [4.69, 9.17) is 0 Å². The highest BCUT2D eigenvalue weighted by Gasteiger charge is 2.23. The molecule has 1 amide bonds. The summed E-state index contributed by atoms with van der Waals surface area (Å²) in [5, 5.41) is 3.48. The van der Waals surface area contributed by atoms with E-state index < -0.39 is 0 Å². The summed E-state index contributed by atoms with van der Waals surface area (Å²) in [5.74, 6) is 1.03. The molecular formula is C14H18N2O. The van der Waals surface area contributed by atoms with Gasteiger partial charge < -0.3 is 10.2 Å². The molecule has 0 unspecified atom stereocenters. The van der Waals surface area contributed by atoms with Crippen LogP contribution in [0.15, 0.2) is 18.2 Å². The number of hydrogen-bond donors (Lipinski definition) is 1. The van der Waals surface area contributed by atoms with Crippen LogP contribution < -0.4 is 10.2 Å². The van der Waals surface area contributed by atoms with Crippen LogP contribution in [0.4, 0.5) is 11.4 Å². The van der Waals surface area contributed by atoms with Crippen LogP contribution in [0, 0.1) is 5.92 Å². The molecule has 90 valence electrons. The summed E-state index contributed by atoms with van der Waals surface area (Å²) < 4.78 is 0. The fraction of sp³-hybridized carbons (Fsp3) is 0.500. The van der Waals surface area contributed by atoms with Crippen molar-refractivity contribution in [1.82, 2.24) is 0 Å². The van der Waals surface area contributed by atoms with Gasteiger partial charge in [0.2, 0.25) is 5.91 Å². The molecule has 1 N–H and O–H groups in total. The van der Waals surface area contributed by atoms with Gasteiger partial charge in [-0.1, -0.05) is 0 Å². The number of nitrogens with one attached hydrogen (secondary N) is 1. The predicted molar refractivity (Wildman–Crippen MR) is 69.4 cm³/mol. The smallest absolute Gasteiger partial charge is 0.223 e. The number of benzene rings is 1. The average molecular weight is 230 g/mol. The molecule has 3 nitrogen and oxygen atoms in total. The molecule has 17 heavy (non-hydrogen) atoms. The van der Waals surface area contributed by atoms with Gasteiger partial charge in [0.1, 0.15) is 0 Å². The maximum absolute atomic E-state index is 11.4. The molecule has 0 spiro atoms. The second-order valence-electron chi connectivity index (χ2n) is 5.09. The summed E-state index contributed by atoms with van der Waals surface area (Å²) in [7, 11) is 0. The molecule has 0 saturated heterocycles. The third-order valence-corrected chi connectivity index (χ3v) is 3.65. The van der Waals surface area contributed by atoms with E-state index >= 15 is 0 Å². The third kappa shape index (κ3) is 2.14. The molecule has 0 radical (unpaired) electrons. The van der Waals surface area contributed by atoms with Crippen molar-refractivity contribution in [3.8, 4) is 0 Å². The number of amides is 1. The molecule has 1 fully saturated rings. The first-order valence-electron chi connectivity index (χ1n) is 6.39. The van der Waals surface area contributed by atoms with Gasteiger partial charge in [0, 0.05) is 31.4 Å². The minimum Gasteiger partial charge on any atom is -0.385 e. The zero-order valence-corrected chi connectivity index (χ0v) is 10.2. The molecule has 0 aromatic heterocycles. The molecule has 1 heterocycles. The molecule has 1 aromatic carbocycles. The van der Waals surface area contributed by atoms with E-state index in [0.717, 1.165) is 31.1 Å². The van der Waals surface area contributed by atoms with Crippen LogP contribution in [0.25, 0.3) is 0 Å². The quantitative estimate of drug-likeness (QED) is 0.865. The van der Waals surface area contributed by atoms with Crippen molar-refractivity contribution in [1.29, 1.82) is 0 Å². The summed E-state index contributed by atoms with van der Waals surface area (Å²) in [4.78, 5) is 13.3. The molecule has 2 aliphatic rings. The second-order valence-corrected chi connectivity index (χ2v) is 5.09. The van der Waals surface area contributed by atoms with Crippen molar-refractivity contribution >= 4 is 17.3 Å². The van der Waals surface area contributed by atoms with Gasteiger partial charge in [-0.3, -0.25) is 4.79 Å². The Labute approximate surface area is 102 Å². The van der Waals surface area contributed by atoms with Gasteiger partial charge in [-0.15, -0.1) is 0 Å². The lowest BCUT2D eigenvalue weighted by molar-refractivity contribution is -0.116. The molecule has 0 atom stereocenters. The second kappa shape index (κ2) is 4.06. The van der Waals surface area contributed by atoms with Crippen molar-refractivity contribution in [3.63, 3.8) is 0 Å². The number of hydrogen-bond acceptors (Lipinski definition) is 2. The first-order chi connectivity index (χ1) is 8.24. The Kier molecular flexibility index (Phi) is 2.54. The molecule has 1 aliphatic carbocycles. The van der Waals surface area contributed by atoms with Gasteiger partial charge in [0.05, 0.1) is 0 Å². The van der Waals surface area contributed by atoms with Crippen molar-refractivity contribution in [3.05, 3.63) is 23.8 Å². The fourth-order valence-corrected chi connectivity index (χ4v) is 2.42. The highest BCUT2D eigenvalue weighted by atomic mass is 16.2. The van der Waals surface area contributed by atoms with Crippen molar-refractivity contribution in [2.24, 2.45) is 5.92 Å². The lowest BCUT2D eigenvalue weighted by atomic mass is 10.1. The Hall–Kier alpha value is -1.51. The van der Waals surface area contributed by atoms with E-state index in [1.807, 2.05) is 4.90 Å². The number of carbonyl (C=O) groups is 1. The zero-order chi connectivity index (χ0) is 11.8. The SMILES string of the molecule is CC(=O)N1CCc2cc(NCC3CC3)ccc21. The zero-order valence-electron chi connectivity index (χ0n) is 10.2. The Bertz CT molecular complexity index is 452. The fourth-order valence-electron chi connectivity index (χ4n) is 2.42. The highest BCUT2D eigenvalue weighted by molar-refractivity contribution is 5.94. The molecule has 3 rings (SSSR count). The predicted octanol–water partition coefficient (Wildman–Crippen LogP) is 2.42. The van der Waals surface area contributed by atoms with Crippen LogP contribution >= 0.6 is 0 Å². The summed E-state index contributed by atoms with van der Waals surface area (Å²) in [6.07, 6.45) is 3.72. The van der Waals surface area contributed by atoms with Crippen LogP contribution in [0.2, 0.25) is 0 Å². The number of fused-ring (bicyclic) bond motifs is 1. The van der Waals surface area contributed by atoms with E-state index in [2.05, 4.69) is 23.5 Å². The van der Waals surface area contributed by atoms with Crippen LogP contribution in [-0.2, 0) is 11.2 Å². The maximum atomic E-state index is 11.4. The van der Waals surface area contributed by atoms with Crippen LogP contribution in [0.5, 0.6) is 0 Å². The van der Waals surface area contributed by atoms with Gasteiger partial charge in [0.25, 0.3) is 0 Å². The van der Waals surface area contributed by atoms with Gasteiger partial charge in [0.15, 0.2) is 0 Å².